The van der Waals surface area contributed by atoms with Crippen LogP contribution < -0.4 is 5.32 Å². The summed E-state index contributed by atoms with van der Waals surface area (Å²) < 4.78 is 1.44. The van der Waals surface area contributed by atoms with Crippen LogP contribution in [0.1, 0.15) is 12.8 Å². The second kappa shape index (κ2) is 5.14. The number of carbonyl (C=O) groups is 1. The van der Waals surface area contributed by atoms with E-state index in [1.807, 2.05) is 7.05 Å². The van der Waals surface area contributed by atoms with E-state index < -0.39 is 5.54 Å². The summed E-state index contributed by atoms with van der Waals surface area (Å²) in [6.07, 6.45) is 4.17. The molecule has 18 heavy (non-hydrogen) atoms. The largest absolute Gasteiger partial charge is 0.336 e. The maximum atomic E-state index is 11.9. The van der Waals surface area contributed by atoms with Crippen LogP contribution in [0.2, 0.25) is 0 Å². The van der Waals surface area contributed by atoms with Crippen molar-refractivity contribution in [1.29, 1.82) is 5.26 Å². The summed E-state index contributed by atoms with van der Waals surface area (Å²) in [5.41, 5.74) is -0.732. The molecule has 0 bridgehead atoms. The first-order valence-electron chi connectivity index (χ1n) is 5.87. The number of likely N-dealkylation sites (tertiary alicyclic amines) is 1. The molecule has 0 unspecified atom stereocenters. The Morgan fingerprint density at radius 1 is 1.56 bits per heavy atom. The summed E-state index contributed by atoms with van der Waals surface area (Å²) in [5, 5.41) is 16.0. The fraction of sp³-hybridized carbons (Fsp3) is 0.636. The Labute approximate surface area is 105 Å². The standard InChI is InChI=1S/C11H16N6O/c1-16-4-2-11(7-12,3-5-16)15-10(18)6-17-9-13-8-14-17/h8-9H,2-6H2,1H3,(H,15,18). The second-order valence-electron chi connectivity index (χ2n) is 4.64. The van der Waals surface area contributed by atoms with Crippen molar-refractivity contribution < 1.29 is 4.79 Å². The molecule has 1 aliphatic heterocycles. The minimum Gasteiger partial charge on any atom is -0.336 e. The number of aromatic nitrogens is 3. The lowest BCUT2D eigenvalue weighted by Gasteiger charge is -2.35. The van der Waals surface area contributed by atoms with Crippen molar-refractivity contribution in [3.8, 4) is 6.07 Å². The first-order chi connectivity index (χ1) is 8.63. The van der Waals surface area contributed by atoms with Gasteiger partial charge >= 0.3 is 0 Å². The molecule has 1 N–H and O–H groups in total. The van der Waals surface area contributed by atoms with Gasteiger partial charge in [-0.15, -0.1) is 0 Å². The average molecular weight is 248 g/mol. The third kappa shape index (κ3) is 2.84. The summed E-state index contributed by atoms with van der Waals surface area (Å²) in [5.74, 6) is -0.202. The summed E-state index contributed by atoms with van der Waals surface area (Å²) in [7, 11) is 2.01. The number of nitriles is 1. The average Bonchev–Trinajstić information content (AvgIpc) is 2.85. The molecule has 1 aliphatic rings. The highest BCUT2D eigenvalue weighted by atomic mass is 16.2. The molecule has 1 fully saturated rings. The van der Waals surface area contributed by atoms with Gasteiger partial charge in [-0.3, -0.25) is 4.79 Å². The van der Waals surface area contributed by atoms with Gasteiger partial charge in [0.15, 0.2) is 0 Å². The Balaban J connectivity index is 1.94. The fourth-order valence-corrected chi connectivity index (χ4v) is 2.03. The van der Waals surface area contributed by atoms with E-state index in [0.717, 1.165) is 13.1 Å². The van der Waals surface area contributed by atoms with Gasteiger partial charge in [-0.2, -0.15) is 10.4 Å². The molecule has 7 nitrogen and oxygen atoms in total. The molecule has 7 heteroatoms. The van der Waals surface area contributed by atoms with E-state index in [1.54, 1.807) is 0 Å². The fourth-order valence-electron chi connectivity index (χ4n) is 2.03. The van der Waals surface area contributed by atoms with Crippen molar-refractivity contribution in [3.05, 3.63) is 12.7 Å². The van der Waals surface area contributed by atoms with E-state index >= 15 is 0 Å². The Morgan fingerprint density at radius 2 is 2.28 bits per heavy atom. The van der Waals surface area contributed by atoms with Gasteiger partial charge in [0.1, 0.15) is 24.7 Å². The molecule has 0 aliphatic carbocycles. The van der Waals surface area contributed by atoms with Gasteiger partial charge in [0.05, 0.1) is 6.07 Å². The van der Waals surface area contributed by atoms with Crippen LogP contribution in [0, 0.1) is 11.3 Å². The van der Waals surface area contributed by atoms with Crippen molar-refractivity contribution >= 4 is 5.91 Å². The van der Waals surface area contributed by atoms with Crippen LogP contribution >= 0.6 is 0 Å². The highest BCUT2D eigenvalue weighted by Crippen LogP contribution is 2.20. The van der Waals surface area contributed by atoms with Crippen LogP contribution in [-0.2, 0) is 11.3 Å². The van der Waals surface area contributed by atoms with Gasteiger partial charge in [-0.25, -0.2) is 9.67 Å². The Hall–Kier alpha value is -1.94. The highest BCUT2D eigenvalue weighted by Gasteiger charge is 2.35. The van der Waals surface area contributed by atoms with Crippen molar-refractivity contribution in [2.75, 3.05) is 20.1 Å². The molecule has 0 aromatic carbocycles. The Kier molecular flexibility index (Phi) is 3.58. The zero-order chi connectivity index (χ0) is 13.0. The number of nitrogens with zero attached hydrogens (tertiary/aromatic N) is 5. The zero-order valence-corrected chi connectivity index (χ0v) is 10.3. The van der Waals surface area contributed by atoms with Gasteiger partial charge in [0.2, 0.25) is 5.91 Å². The van der Waals surface area contributed by atoms with Crippen LogP contribution in [0.4, 0.5) is 0 Å². The molecular weight excluding hydrogens is 232 g/mol. The van der Waals surface area contributed by atoms with E-state index in [2.05, 4.69) is 26.4 Å². The topological polar surface area (TPSA) is 86.8 Å². The Bertz CT molecular complexity index is 441. The number of piperidine rings is 1. The van der Waals surface area contributed by atoms with E-state index in [-0.39, 0.29) is 12.5 Å². The van der Waals surface area contributed by atoms with Crippen LogP contribution in [0.15, 0.2) is 12.7 Å². The van der Waals surface area contributed by atoms with E-state index in [0.29, 0.717) is 12.8 Å². The number of amides is 1. The van der Waals surface area contributed by atoms with E-state index in [4.69, 9.17) is 0 Å². The predicted molar refractivity (Wildman–Crippen MR) is 63.2 cm³/mol. The second-order valence-corrected chi connectivity index (χ2v) is 4.64. The SMILES string of the molecule is CN1CCC(C#N)(NC(=O)Cn2cncn2)CC1. The van der Waals surface area contributed by atoms with Crippen LogP contribution in [0.25, 0.3) is 0 Å². The maximum Gasteiger partial charge on any atom is 0.243 e. The third-order valence-corrected chi connectivity index (χ3v) is 3.21. The van der Waals surface area contributed by atoms with Gasteiger partial charge < -0.3 is 10.2 Å². The lowest BCUT2D eigenvalue weighted by atomic mass is 9.89. The number of hydrogen-bond donors (Lipinski definition) is 1. The smallest absolute Gasteiger partial charge is 0.243 e. The molecule has 0 spiro atoms. The third-order valence-electron chi connectivity index (χ3n) is 3.21. The molecule has 1 aromatic heterocycles. The summed E-state index contributed by atoms with van der Waals surface area (Å²) in [6.45, 7) is 1.73. The lowest BCUT2D eigenvalue weighted by molar-refractivity contribution is -0.123. The van der Waals surface area contributed by atoms with Crippen molar-refractivity contribution in [2.45, 2.75) is 24.9 Å². The lowest BCUT2D eigenvalue weighted by Crippen LogP contribution is -2.54. The number of hydrogen-bond acceptors (Lipinski definition) is 5. The number of nitrogens with one attached hydrogen (secondary N) is 1. The molecule has 2 heterocycles. The number of carbonyl (C=O) groups excluding carboxylic acids is 1. The molecule has 96 valence electrons. The summed E-state index contributed by atoms with van der Waals surface area (Å²) in [4.78, 5) is 17.8. The molecule has 2 rings (SSSR count). The first-order valence-corrected chi connectivity index (χ1v) is 5.87. The molecule has 0 radical (unpaired) electrons. The Morgan fingerprint density at radius 3 is 2.83 bits per heavy atom. The minimum atomic E-state index is -0.732. The zero-order valence-electron chi connectivity index (χ0n) is 10.3. The molecular formula is C11H16N6O. The van der Waals surface area contributed by atoms with Crippen molar-refractivity contribution in [2.24, 2.45) is 0 Å². The van der Waals surface area contributed by atoms with Crippen LogP contribution in [0.3, 0.4) is 0 Å². The van der Waals surface area contributed by atoms with Crippen molar-refractivity contribution in [3.63, 3.8) is 0 Å². The first kappa shape index (κ1) is 12.5. The molecule has 1 amide bonds. The van der Waals surface area contributed by atoms with Gasteiger partial charge in [-0.1, -0.05) is 0 Å². The molecule has 1 saturated heterocycles. The number of rotatable bonds is 3. The van der Waals surface area contributed by atoms with Gasteiger partial charge in [0, 0.05) is 13.1 Å². The quantitative estimate of drug-likeness (QED) is 0.770. The van der Waals surface area contributed by atoms with Gasteiger partial charge in [0.25, 0.3) is 0 Å². The minimum absolute atomic E-state index is 0.0965. The maximum absolute atomic E-state index is 11.9. The van der Waals surface area contributed by atoms with Crippen LogP contribution in [0.5, 0.6) is 0 Å². The van der Waals surface area contributed by atoms with Gasteiger partial charge in [-0.05, 0) is 19.9 Å². The summed E-state index contributed by atoms with van der Waals surface area (Å²) in [6, 6.07) is 2.24. The monoisotopic (exact) mass is 248 g/mol. The molecule has 0 saturated carbocycles. The summed E-state index contributed by atoms with van der Waals surface area (Å²) >= 11 is 0. The van der Waals surface area contributed by atoms with Crippen LogP contribution in [-0.4, -0.2) is 51.2 Å². The highest BCUT2D eigenvalue weighted by molar-refractivity contribution is 5.77. The predicted octanol–water partition coefficient (Wildman–Crippen LogP) is -0.618. The van der Waals surface area contributed by atoms with E-state index in [1.165, 1.54) is 17.3 Å². The van der Waals surface area contributed by atoms with E-state index in [9.17, 15) is 10.1 Å². The van der Waals surface area contributed by atoms with Crippen molar-refractivity contribution in [1.82, 2.24) is 25.0 Å². The normalized spacial score (nSPS) is 19.1. The molecule has 0 atom stereocenters. The molecule has 1 aromatic rings.